The van der Waals surface area contributed by atoms with Crippen molar-refractivity contribution in [1.29, 1.82) is 0 Å². The fraction of sp³-hybridized carbons (Fsp3) is 0.587. The van der Waals surface area contributed by atoms with Crippen molar-refractivity contribution in [2.75, 3.05) is 34.7 Å². The zero-order valence-electron chi connectivity index (χ0n) is 38.8. The van der Waals surface area contributed by atoms with E-state index in [1.54, 1.807) is 34.6 Å². The number of rotatable bonds is 22. The van der Waals surface area contributed by atoms with Crippen LogP contribution in [-0.2, 0) is 51.3 Å². The van der Waals surface area contributed by atoms with Crippen molar-refractivity contribution < 1.29 is 48.1 Å². The molecule has 6 amide bonds. The summed E-state index contributed by atoms with van der Waals surface area (Å²) in [6.45, 7) is 15.3. The number of carboxylic acid groups (broad SMARTS) is 1. The van der Waals surface area contributed by atoms with Crippen LogP contribution in [0.3, 0.4) is 0 Å². The summed E-state index contributed by atoms with van der Waals surface area (Å²) >= 11 is 0. The largest absolute Gasteiger partial charge is 0.480 e. The number of carbonyl (C=O) groups excluding carboxylic acids is 6. The summed E-state index contributed by atoms with van der Waals surface area (Å²) in [5.74, 6) is -4.54. The van der Waals surface area contributed by atoms with Gasteiger partial charge in [-0.3, -0.25) is 33.7 Å². The van der Waals surface area contributed by atoms with Gasteiger partial charge in [0.15, 0.2) is 0 Å². The van der Waals surface area contributed by atoms with Gasteiger partial charge in [0, 0.05) is 34.6 Å². The van der Waals surface area contributed by atoms with E-state index in [0.717, 1.165) is 16.0 Å². The van der Waals surface area contributed by atoms with Crippen LogP contribution in [0.5, 0.6) is 0 Å². The number of likely N-dealkylation sites (N-methyl/N-ethyl adjacent to an activating group) is 4. The maximum Gasteiger partial charge on any atom is 0.410 e. The normalized spacial score (nSPS) is 14.4. The SMILES string of the molecule is CC(C)CC(NC(=O)[C@H](Cc1ccccc1)N(C)C(=O)C(C)N(C)C(=O)OC(C)(C)C)C(=O)N(C)[C@@H](CC(C)C)C(=O)N[C@H](C(=O)N(C)CC(=O)O)[C@@H](C)OCc1ccccc1. The molecule has 2 aromatic rings. The standard InChI is InChI=1S/C46H70N6O10/c1-29(2)24-35(47-40(55)37(26-33-20-16-14-17-21-33)51(12)42(57)31(5)50(11)45(60)62-46(7,8)9)43(58)52(13)36(25-30(3)4)41(56)48-39(44(59)49(10)27-38(53)54)32(6)61-28-34-22-18-15-19-23-34/h14-23,29-32,35-37,39H,24-28H2,1-13H3,(H,47,55)(H,48,56)(H,53,54)/t31?,32-,35?,36+,37+,39+/m1/s1. The summed E-state index contributed by atoms with van der Waals surface area (Å²) in [4.78, 5) is 100. The topological polar surface area (TPSA) is 195 Å². The predicted molar refractivity (Wildman–Crippen MR) is 235 cm³/mol. The molecule has 0 bridgehead atoms. The van der Waals surface area contributed by atoms with Crippen LogP contribution in [0.1, 0.15) is 86.3 Å². The van der Waals surface area contributed by atoms with E-state index in [1.165, 1.54) is 42.9 Å². The minimum atomic E-state index is -1.32. The fourth-order valence-corrected chi connectivity index (χ4v) is 6.64. The summed E-state index contributed by atoms with van der Waals surface area (Å²) in [6, 6.07) is 12.6. The third-order valence-electron chi connectivity index (χ3n) is 10.3. The quantitative estimate of drug-likeness (QED) is 0.153. The minimum Gasteiger partial charge on any atom is -0.480 e. The molecule has 0 aromatic heterocycles. The molecule has 62 heavy (non-hydrogen) atoms. The Morgan fingerprint density at radius 2 is 1.15 bits per heavy atom. The van der Waals surface area contributed by atoms with Crippen molar-refractivity contribution in [1.82, 2.24) is 30.2 Å². The lowest BCUT2D eigenvalue weighted by atomic mass is 9.97. The molecule has 0 fully saturated rings. The average molecular weight is 867 g/mol. The average Bonchev–Trinajstić information content (AvgIpc) is 3.20. The lowest BCUT2D eigenvalue weighted by Crippen LogP contribution is -2.61. The molecule has 6 atom stereocenters. The first kappa shape index (κ1) is 52.6. The molecule has 16 nitrogen and oxygen atoms in total. The molecule has 16 heteroatoms. The molecule has 0 spiro atoms. The first-order chi connectivity index (χ1) is 28.8. The van der Waals surface area contributed by atoms with Gasteiger partial charge in [-0.15, -0.1) is 0 Å². The van der Waals surface area contributed by atoms with E-state index in [-0.39, 0.29) is 37.7 Å². The molecule has 0 radical (unpaired) electrons. The Bertz CT molecular complexity index is 1800. The van der Waals surface area contributed by atoms with Crippen LogP contribution in [0.4, 0.5) is 4.79 Å². The molecule has 0 saturated heterocycles. The number of amides is 6. The zero-order chi connectivity index (χ0) is 47.1. The van der Waals surface area contributed by atoms with Gasteiger partial charge < -0.3 is 39.9 Å². The first-order valence-corrected chi connectivity index (χ1v) is 21.1. The molecular weight excluding hydrogens is 797 g/mol. The van der Waals surface area contributed by atoms with Crippen molar-refractivity contribution in [3.05, 3.63) is 71.8 Å². The lowest BCUT2D eigenvalue weighted by molar-refractivity contribution is -0.149. The molecular formula is C46H70N6O10. The molecule has 2 unspecified atom stereocenters. The van der Waals surface area contributed by atoms with E-state index >= 15 is 0 Å². The van der Waals surface area contributed by atoms with Gasteiger partial charge in [0.1, 0.15) is 42.4 Å². The summed E-state index contributed by atoms with van der Waals surface area (Å²) in [7, 11) is 5.69. The van der Waals surface area contributed by atoms with Crippen LogP contribution < -0.4 is 10.6 Å². The number of benzene rings is 2. The van der Waals surface area contributed by atoms with Crippen molar-refractivity contribution in [3.63, 3.8) is 0 Å². The van der Waals surface area contributed by atoms with Gasteiger partial charge in [-0.2, -0.15) is 0 Å². The first-order valence-electron chi connectivity index (χ1n) is 21.1. The van der Waals surface area contributed by atoms with Gasteiger partial charge in [0.25, 0.3) is 0 Å². The van der Waals surface area contributed by atoms with E-state index < -0.39 is 90.1 Å². The van der Waals surface area contributed by atoms with Gasteiger partial charge in [-0.1, -0.05) is 88.4 Å². The number of nitrogens with one attached hydrogen (secondary N) is 2. The highest BCUT2D eigenvalue weighted by Crippen LogP contribution is 2.19. The Labute approximate surface area is 367 Å². The second-order valence-electron chi connectivity index (χ2n) is 17.8. The van der Waals surface area contributed by atoms with E-state index in [4.69, 9.17) is 9.47 Å². The van der Waals surface area contributed by atoms with E-state index in [9.17, 15) is 38.7 Å². The lowest BCUT2D eigenvalue weighted by Gasteiger charge is -2.36. The van der Waals surface area contributed by atoms with Crippen LogP contribution in [0.2, 0.25) is 0 Å². The molecule has 2 rings (SSSR count). The van der Waals surface area contributed by atoms with Gasteiger partial charge >= 0.3 is 12.1 Å². The molecule has 0 aliphatic rings. The van der Waals surface area contributed by atoms with E-state index in [1.807, 2.05) is 88.4 Å². The van der Waals surface area contributed by atoms with Gasteiger partial charge in [-0.25, -0.2) is 4.79 Å². The number of hydrogen-bond donors (Lipinski definition) is 3. The Balaban J connectivity index is 2.48. The summed E-state index contributed by atoms with van der Waals surface area (Å²) in [5.41, 5.74) is 0.766. The molecule has 0 aliphatic carbocycles. The van der Waals surface area contributed by atoms with Crippen molar-refractivity contribution in [2.24, 2.45) is 11.8 Å². The van der Waals surface area contributed by atoms with Gasteiger partial charge in [0.05, 0.1) is 12.7 Å². The van der Waals surface area contributed by atoms with Crippen molar-refractivity contribution in [2.45, 2.75) is 130 Å². The third kappa shape index (κ3) is 16.7. The second-order valence-corrected chi connectivity index (χ2v) is 17.8. The maximum atomic E-state index is 14.6. The van der Waals surface area contributed by atoms with Crippen molar-refractivity contribution in [3.8, 4) is 0 Å². The Kier molecular flexibility index (Phi) is 20.6. The third-order valence-corrected chi connectivity index (χ3v) is 10.3. The fourth-order valence-electron chi connectivity index (χ4n) is 6.64. The smallest absolute Gasteiger partial charge is 0.410 e. The zero-order valence-corrected chi connectivity index (χ0v) is 38.8. The monoisotopic (exact) mass is 867 g/mol. The Morgan fingerprint density at radius 3 is 1.65 bits per heavy atom. The molecule has 0 heterocycles. The Morgan fingerprint density at radius 1 is 0.645 bits per heavy atom. The van der Waals surface area contributed by atoms with Gasteiger partial charge in [0.2, 0.25) is 29.5 Å². The summed E-state index contributed by atoms with van der Waals surface area (Å²) in [6.07, 6.45) is -1.17. The maximum absolute atomic E-state index is 14.6. The van der Waals surface area contributed by atoms with Crippen molar-refractivity contribution >= 4 is 41.6 Å². The van der Waals surface area contributed by atoms with Crippen LogP contribution in [0, 0.1) is 11.8 Å². The number of carbonyl (C=O) groups is 7. The summed E-state index contributed by atoms with van der Waals surface area (Å²) < 4.78 is 11.5. The van der Waals surface area contributed by atoms with Crippen LogP contribution in [0.25, 0.3) is 0 Å². The molecule has 3 N–H and O–H groups in total. The molecule has 344 valence electrons. The molecule has 0 aliphatic heterocycles. The molecule has 2 aromatic carbocycles. The Hall–Kier alpha value is -5.51. The predicted octanol–water partition coefficient (Wildman–Crippen LogP) is 4.35. The second kappa shape index (κ2) is 24.2. The number of nitrogens with zero attached hydrogens (tertiary/aromatic N) is 4. The van der Waals surface area contributed by atoms with Gasteiger partial charge in [-0.05, 0) is 70.4 Å². The van der Waals surface area contributed by atoms with Crippen LogP contribution >= 0.6 is 0 Å². The highest BCUT2D eigenvalue weighted by Gasteiger charge is 2.39. The van der Waals surface area contributed by atoms with E-state index in [0.29, 0.717) is 0 Å². The highest BCUT2D eigenvalue weighted by atomic mass is 16.6. The number of hydrogen-bond acceptors (Lipinski definition) is 9. The van der Waals surface area contributed by atoms with Crippen LogP contribution in [-0.4, -0.2) is 143 Å². The minimum absolute atomic E-state index is 0.0882. The molecule has 0 saturated carbocycles. The summed E-state index contributed by atoms with van der Waals surface area (Å²) in [5, 5.41) is 15.1. The van der Waals surface area contributed by atoms with E-state index in [2.05, 4.69) is 10.6 Å². The highest BCUT2D eigenvalue weighted by molar-refractivity contribution is 5.96. The number of ether oxygens (including phenoxy) is 2. The number of aliphatic carboxylic acids is 1. The van der Waals surface area contributed by atoms with Crippen LogP contribution in [0.15, 0.2) is 60.7 Å². The number of carboxylic acids is 1.